The van der Waals surface area contributed by atoms with Crippen LogP contribution in [0.3, 0.4) is 0 Å². The molecule has 0 fully saturated rings. The number of amides is 2. The second-order valence-corrected chi connectivity index (χ2v) is 7.33. The van der Waals surface area contributed by atoms with Crippen LogP contribution in [-0.2, 0) is 16.8 Å². The van der Waals surface area contributed by atoms with Crippen LogP contribution in [0, 0.1) is 0 Å². The first kappa shape index (κ1) is 18.6. The summed E-state index contributed by atoms with van der Waals surface area (Å²) < 4.78 is 1.80. The second-order valence-electron chi connectivity index (χ2n) is 7.33. The molecule has 0 spiro atoms. The Morgan fingerprint density at radius 1 is 1.00 bits per heavy atom. The van der Waals surface area contributed by atoms with Gasteiger partial charge in [-0.15, -0.1) is 10.2 Å². The molecule has 0 atom stereocenters. The first-order chi connectivity index (χ1) is 12.8. The molecule has 2 aromatic heterocycles. The number of aromatic nitrogens is 3. The largest absolute Gasteiger partial charge is 0.347 e. The maximum absolute atomic E-state index is 12.2. The lowest BCUT2D eigenvalue weighted by atomic mass is 9.87. The Kier molecular flexibility index (Phi) is 5.21. The van der Waals surface area contributed by atoms with Crippen molar-refractivity contribution < 1.29 is 9.59 Å². The van der Waals surface area contributed by atoms with Crippen LogP contribution in [0.5, 0.6) is 0 Å². The molecule has 0 aliphatic rings. The highest BCUT2D eigenvalue weighted by Crippen LogP contribution is 2.22. The molecule has 0 aliphatic carbocycles. The van der Waals surface area contributed by atoms with E-state index >= 15 is 0 Å². The Morgan fingerprint density at radius 2 is 1.74 bits per heavy atom. The summed E-state index contributed by atoms with van der Waals surface area (Å²) in [6.07, 6.45) is 1.83. The Hall–Kier alpha value is -3.22. The molecular weight excluding hydrogens is 342 g/mol. The Morgan fingerprint density at radius 3 is 2.44 bits per heavy atom. The van der Waals surface area contributed by atoms with Gasteiger partial charge in [0.2, 0.25) is 5.91 Å². The van der Waals surface area contributed by atoms with E-state index in [0.29, 0.717) is 17.0 Å². The zero-order valence-electron chi connectivity index (χ0n) is 15.7. The van der Waals surface area contributed by atoms with Gasteiger partial charge in [0.15, 0.2) is 11.5 Å². The van der Waals surface area contributed by atoms with E-state index in [1.807, 2.05) is 36.5 Å². The van der Waals surface area contributed by atoms with Crippen LogP contribution in [0.15, 0.2) is 48.7 Å². The highest BCUT2D eigenvalue weighted by atomic mass is 16.2. The predicted octanol–water partition coefficient (Wildman–Crippen LogP) is 2.07. The zero-order valence-corrected chi connectivity index (χ0v) is 15.7. The number of benzene rings is 1. The molecule has 140 valence electrons. The van der Waals surface area contributed by atoms with Crippen LogP contribution >= 0.6 is 0 Å². The van der Waals surface area contributed by atoms with E-state index in [1.165, 1.54) is 0 Å². The van der Waals surface area contributed by atoms with Gasteiger partial charge >= 0.3 is 0 Å². The number of hydrogen-bond acceptors (Lipinski definition) is 4. The number of hydrogen-bond donors (Lipinski definition) is 2. The molecule has 3 aromatic rings. The van der Waals surface area contributed by atoms with Crippen LogP contribution in [0.1, 0.15) is 42.5 Å². The summed E-state index contributed by atoms with van der Waals surface area (Å²) >= 11 is 0. The fourth-order valence-corrected chi connectivity index (χ4v) is 2.64. The smallest absolute Gasteiger partial charge is 0.251 e. The number of pyridine rings is 1. The molecule has 0 unspecified atom stereocenters. The van der Waals surface area contributed by atoms with Gasteiger partial charge in [-0.05, 0) is 35.2 Å². The van der Waals surface area contributed by atoms with E-state index in [9.17, 15) is 9.59 Å². The summed E-state index contributed by atoms with van der Waals surface area (Å²) in [5, 5.41) is 13.4. The van der Waals surface area contributed by atoms with E-state index in [-0.39, 0.29) is 30.3 Å². The SMILES string of the molecule is CC(C)(C)c1ccc(C(=O)NCC(=O)NCc2nnc3ccccn23)cc1. The molecule has 0 saturated carbocycles. The lowest BCUT2D eigenvalue weighted by Crippen LogP contribution is -2.36. The second kappa shape index (κ2) is 7.57. The summed E-state index contributed by atoms with van der Waals surface area (Å²) in [6.45, 7) is 6.48. The average Bonchev–Trinajstić information content (AvgIpc) is 3.07. The van der Waals surface area contributed by atoms with Gasteiger partial charge in [-0.2, -0.15) is 0 Å². The van der Waals surface area contributed by atoms with Crippen molar-refractivity contribution in [2.24, 2.45) is 0 Å². The van der Waals surface area contributed by atoms with E-state index in [4.69, 9.17) is 0 Å². The molecule has 2 amide bonds. The van der Waals surface area contributed by atoms with Crippen LogP contribution in [0.4, 0.5) is 0 Å². The normalized spacial score (nSPS) is 11.4. The molecule has 2 N–H and O–H groups in total. The summed E-state index contributed by atoms with van der Waals surface area (Å²) in [5.41, 5.74) is 2.42. The van der Waals surface area contributed by atoms with Crippen molar-refractivity contribution in [2.45, 2.75) is 32.7 Å². The van der Waals surface area contributed by atoms with Crippen molar-refractivity contribution in [3.63, 3.8) is 0 Å². The van der Waals surface area contributed by atoms with Gasteiger partial charge in [0, 0.05) is 11.8 Å². The number of carbonyl (C=O) groups excluding carboxylic acids is 2. The lowest BCUT2D eigenvalue weighted by molar-refractivity contribution is -0.120. The molecule has 7 nitrogen and oxygen atoms in total. The first-order valence-electron chi connectivity index (χ1n) is 8.79. The first-order valence-corrected chi connectivity index (χ1v) is 8.79. The highest BCUT2D eigenvalue weighted by molar-refractivity contribution is 5.96. The van der Waals surface area contributed by atoms with Crippen molar-refractivity contribution in [2.75, 3.05) is 6.54 Å². The number of carbonyl (C=O) groups is 2. The Balaban J connectivity index is 1.50. The standard InChI is InChI=1S/C20H23N5O2/c1-20(2,3)15-9-7-14(8-10-15)19(27)22-13-18(26)21-12-17-24-23-16-6-4-5-11-25(16)17/h4-11H,12-13H2,1-3H3,(H,21,26)(H,22,27). The van der Waals surface area contributed by atoms with Gasteiger partial charge in [0.05, 0.1) is 13.1 Å². The number of rotatable bonds is 5. The average molecular weight is 365 g/mol. The third kappa shape index (κ3) is 4.49. The van der Waals surface area contributed by atoms with Gasteiger partial charge in [-0.1, -0.05) is 39.0 Å². The van der Waals surface area contributed by atoms with Crippen LogP contribution < -0.4 is 10.6 Å². The predicted molar refractivity (Wildman–Crippen MR) is 102 cm³/mol. The van der Waals surface area contributed by atoms with Gasteiger partial charge < -0.3 is 10.6 Å². The maximum Gasteiger partial charge on any atom is 0.251 e. The van der Waals surface area contributed by atoms with Crippen molar-refractivity contribution in [1.29, 1.82) is 0 Å². The molecule has 0 radical (unpaired) electrons. The lowest BCUT2D eigenvalue weighted by Gasteiger charge is -2.19. The Bertz CT molecular complexity index is 954. The molecule has 27 heavy (non-hydrogen) atoms. The zero-order chi connectivity index (χ0) is 19.4. The van der Waals surface area contributed by atoms with E-state index in [2.05, 4.69) is 41.6 Å². The van der Waals surface area contributed by atoms with Gasteiger partial charge in [-0.3, -0.25) is 14.0 Å². The van der Waals surface area contributed by atoms with Crippen molar-refractivity contribution in [3.8, 4) is 0 Å². The quantitative estimate of drug-likeness (QED) is 0.724. The van der Waals surface area contributed by atoms with E-state index in [1.54, 1.807) is 16.5 Å². The minimum absolute atomic E-state index is 0.0285. The minimum Gasteiger partial charge on any atom is -0.347 e. The van der Waals surface area contributed by atoms with Gasteiger partial charge in [-0.25, -0.2) is 0 Å². The molecular formula is C20H23N5O2. The van der Waals surface area contributed by atoms with Crippen molar-refractivity contribution in [1.82, 2.24) is 25.2 Å². The summed E-state index contributed by atoms with van der Waals surface area (Å²) in [5.74, 6) is 0.0592. The molecule has 3 rings (SSSR count). The monoisotopic (exact) mass is 365 g/mol. The molecule has 0 aliphatic heterocycles. The van der Waals surface area contributed by atoms with E-state index in [0.717, 1.165) is 5.56 Å². The molecule has 7 heteroatoms. The summed E-state index contributed by atoms with van der Waals surface area (Å²) in [6, 6.07) is 13.0. The number of fused-ring (bicyclic) bond motifs is 1. The van der Waals surface area contributed by atoms with Crippen LogP contribution in [0.2, 0.25) is 0 Å². The fraction of sp³-hybridized carbons (Fsp3) is 0.300. The maximum atomic E-state index is 12.2. The number of nitrogens with one attached hydrogen (secondary N) is 2. The van der Waals surface area contributed by atoms with Crippen LogP contribution in [-0.4, -0.2) is 33.0 Å². The van der Waals surface area contributed by atoms with E-state index < -0.39 is 0 Å². The number of nitrogens with zero attached hydrogens (tertiary/aromatic N) is 3. The minimum atomic E-state index is -0.289. The molecule has 2 heterocycles. The van der Waals surface area contributed by atoms with Crippen molar-refractivity contribution >= 4 is 17.5 Å². The molecule has 1 aromatic carbocycles. The van der Waals surface area contributed by atoms with Crippen LogP contribution in [0.25, 0.3) is 5.65 Å². The topological polar surface area (TPSA) is 88.4 Å². The summed E-state index contributed by atoms with van der Waals surface area (Å²) in [7, 11) is 0. The molecule has 0 saturated heterocycles. The van der Waals surface area contributed by atoms with Gasteiger partial charge in [0.1, 0.15) is 0 Å². The molecule has 0 bridgehead atoms. The third-order valence-electron chi connectivity index (χ3n) is 4.25. The van der Waals surface area contributed by atoms with Gasteiger partial charge in [0.25, 0.3) is 5.91 Å². The van der Waals surface area contributed by atoms with Crippen molar-refractivity contribution in [3.05, 3.63) is 65.6 Å². The third-order valence-corrected chi connectivity index (χ3v) is 4.25. The fourth-order valence-electron chi connectivity index (χ4n) is 2.64. The summed E-state index contributed by atoms with van der Waals surface area (Å²) in [4.78, 5) is 24.2. The highest BCUT2D eigenvalue weighted by Gasteiger charge is 2.15. The Labute approximate surface area is 157 Å².